The number of carboxylic acids is 1. The van der Waals surface area contributed by atoms with Gasteiger partial charge in [-0.2, -0.15) is 0 Å². The molecule has 5 heteroatoms. The summed E-state index contributed by atoms with van der Waals surface area (Å²) >= 11 is 0. The number of carbonyl (C=O) groups excluding carboxylic acids is 1. The van der Waals surface area contributed by atoms with Gasteiger partial charge >= 0.3 is 12.0 Å². The molecule has 4 unspecified atom stereocenters. The van der Waals surface area contributed by atoms with Gasteiger partial charge < -0.3 is 15.3 Å². The second-order valence-corrected chi connectivity index (χ2v) is 6.37. The fourth-order valence-electron chi connectivity index (χ4n) is 3.82. The minimum atomic E-state index is -0.844. The quantitative estimate of drug-likeness (QED) is 0.816. The summed E-state index contributed by atoms with van der Waals surface area (Å²) in [4.78, 5) is 25.3. The van der Waals surface area contributed by atoms with Crippen molar-refractivity contribution in [1.82, 2.24) is 10.2 Å². The second kappa shape index (κ2) is 4.69. The Morgan fingerprint density at radius 2 is 2.00 bits per heavy atom. The van der Waals surface area contributed by atoms with E-state index in [0.29, 0.717) is 18.4 Å². The average Bonchev–Trinajstić information content (AvgIpc) is 2.98. The maximum atomic E-state index is 12.3. The SMILES string of the molecule is CC(NC(=O)N1CC2CCCC2C1C(=O)O)C1CC1. The van der Waals surface area contributed by atoms with Gasteiger partial charge in [0.2, 0.25) is 0 Å². The molecule has 0 aromatic heterocycles. The highest BCUT2D eigenvalue weighted by atomic mass is 16.4. The zero-order valence-corrected chi connectivity index (χ0v) is 11.3. The summed E-state index contributed by atoms with van der Waals surface area (Å²) in [5.74, 6) is 0.306. The summed E-state index contributed by atoms with van der Waals surface area (Å²) in [7, 11) is 0. The van der Waals surface area contributed by atoms with Crippen LogP contribution < -0.4 is 5.32 Å². The van der Waals surface area contributed by atoms with Crippen LogP contribution in [0, 0.1) is 17.8 Å². The number of amides is 2. The first-order valence-electron chi connectivity index (χ1n) is 7.38. The van der Waals surface area contributed by atoms with Gasteiger partial charge in [0.05, 0.1) is 0 Å². The number of hydrogen-bond donors (Lipinski definition) is 2. The Balaban J connectivity index is 1.68. The van der Waals surface area contributed by atoms with E-state index in [4.69, 9.17) is 0 Å². The third kappa shape index (κ3) is 2.30. The second-order valence-electron chi connectivity index (χ2n) is 6.37. The molecule has 1 saturated heterocycles. The number of fused-ring (bicyclic) bond motifs is 1. The molecule has 19 heavy (non-hydrogen) atoms. The van der Waals surface area contributed by atoms with Crippen molar-refractivity contribution in [2.45, 2.75) is 51.1 Å². The van der Waals surface area contributed by atoms with Crippen LogP contribution in [-0.4, -0.2) is 40.6 Å². The molecule has 106 valence electrons. The predicted molar refractivity (Wildman–Crippen MR) is 69.7 cm³/mol. The smallest absolute Gasteiger partial charge is 0.326 e. The average molecular weight is 266 g/mol. The van der Waals surface area contributed by atoms with E-state index >= 15 is 0 Å². The molecule has 2 saturated carbocycles. The highest BCUT2D eigenvalue weighted by molar-refractivity contribution is 5.84. The highest BCUT2D eigenvalue weighted by Gasteiger charge is 2.49. The Kier molecular flexibility index (Phi) is 3.15. The van der Waals surface area contributed by atoms with E-state index in [1.54, 1.807) is 4.90 Å². The summed E-state index contributed by atoms with van der Waals surface area (Å²) in [6, 6.07) is -0.623. The normalized spacial score (nSPS) is 35.0. The minimum Gasteiger partial charge on any atom is -0.480 e. The van der Waals surface area contributed by atoms with E-state index in [-0.39, 0.29) is 18.0 Å². The zero-order chi connectivity index (χ0) is 13.6. The molecular formula is C14H22N2O3. The Morgan fingerprint density at radius 1 is 1.26 bits per heavy atom. The summed E-state index contributed by atoms with van der Waals surface area (Å²) < 4.78 is 0. The number of hydrogen-bond acceptors (Lipinski definition) is 2. The van der Waals surface area contributed by atoms with Crippen LogP contribution in [0.3, 0.4) is 0 Å². The molecule has 3 rings (SSSR count). The van der Waals surface area contributed by atoms with Crippen molar-refractivity contribution < 1.29 is 14.7 Å². The fraction of sp³-hybridized carbons (Fsp3) is 0.857. The number of aliphatic carboxylic acids is 1. The summed E-state index contributed by atoms with van der Waals surface area (Å²) in [6.07, 6.45) is 5.47. The summed E-state index contributed by atoms with van der Waals surface area (Å²) in [5, 5.41) is 12.4. The first kappa shape index (κ1) is 12.8. The lowest BCUT2D eigenvalue weighted by molar-refractivity contribution is -0.142. The fourth-order valence-corrected chi connectivity index (χ4v) is 3.82. The Bertz CT molecular complexity index is 394. The van der Waals surface area contributed by atoms with E-state index in [1.807, 2.05) is 6.92 Å². The Hall–Kier alpha value is -1.26. The van der Waals surface area contributed by atoms with Gasteiger partial charge in [0.15, 0.2) is 0 Å². The van der Waals surface area contributed by atoms with Crippen LogP contribution in [0.5, 0.6) is 0 Å². The van der Waals surface area contributed by atoms with Crippen LogP contribution in [0.4, 0.5) is 4.79 Å². The van der Waals surface area contributed by atoms with Gasteiger partial charge in [-0.3, -0.25) is 0 Å². The van der Waals surface area contributed by atoms with Crippen molar-refractivity contribution in [3.63, 3.8) is 0 Å². The van der Waals surface area contributed by atoms with Gasteiger partial charge in [-0.15, -0.1) is 0 Å². The number of urea groups is 1. The highest BCUT2D eigenvalue weighted by Crippen LogP contribution is 2.42. The third-order valence-electron chi connectivity index (χ3n) is 5.08. The zero-order valence-electron chi connectivity index (χ0n) is 11.3. The number of carbonyl (C=O) groups is 2. The lowest BCUT2D eigenvalue weighted by Crippen LogP contribution is -2.50. The van der Waals surface area contributed by atoms with E-state index < -0.39 is 12.0 Å². The van der Waals surface area contributed by atoms with Gasteiger partial charge in [0.1, 0.15) is 6.04 Å². The molecule has 2 amide bonds. The molecule has 0 radical (unpaired) electrons. The summed E-state index contributed by atoms with van der Waals surface area (Å²) in [6.45, 7) is 2.63. The van der Waals surface area contributed by atoms with Gasteiger partial charge in [-0.05, 0) is 50.4 Å². The topological polar surface area (TPSA) is 69.6 Å². The lowest BCUT2D eigenvalue weighted by Gasteiger charge is -2.26. The maximum Gasteiger partial charge on any atom is 0.326 e. The molecule has 3 fully saturated rings. The molecule has 0 aromatic rings. The lowest BCUT2D eigenvalue weighted by atomic mass is 9.94. The number of carboxylic acid groups (broad SMARTS) is 1. The van der Waals surface area contributed by atoms with Crippen molar-refractivity contribution in [2.75, 3.05) is 6.54 Å². The van der Waals surface area contributed by atoms with E-state index in [0.717, 1.165) is 19.3 Å². The largest absolute Gasteiger partial charge is 0.480 e. The molecule has 3 aliphatic rings. The predicted octanol–water partition coefficient (Wildman–Crippen LogP) is 1.68. The molecular weight excluding hydrogens is 244 g/mol. The van der Waals surface area contributed by atoms with Gasteiger partial charge in [-0.25, -0.2) is 9.59 Å². The van der Waals surface area contributed by atoms with Crippen LogP contribution in [0.2, 0.25) is 0 Å². The standard InChI is InChI=1S/C14H22N2O3/c1-8(9-5-6-9)15-14(19)16-7-10-3-2-4-11(10)12(16)13(17)18/h8-12H,2-7H2,1H3,(H,15,19)(H,17,18). The van der Waals surface area contributed by atoms with Crippen LogP contribution in [-0.2, 0) is 4.79 Å². The van der Waals surface area contributed by atoms with E-state index in [9.17, 15) is 14.7 Å². The van der Waals surface area contributed by atoms with Crippen molar-refractivity contribution in [2.24, 2.45) is 17.8 Å². The molecule has 2 aliphatic carbocycles. The maximum absolute atomic E-state index is 12.3. The Labute approximate surface area is 113 Å². The molecule has 4 atom stereocenters. The summed E-state index contributed by atoms with van der Waals surface area (Å²) in [5.41, 5.74) is 0. The van der Waals surface area contributed by atoms with Crippen LogP contribution >= 0.6 is 0 Å². The number of rotatable bonds is 3. The van der Waals surface area contributed by atoms with Crippen LogP contribution in [0.15, 0.2) is 0 Å². The van der Waals surface area contributed by atoms with Gasteiger partial charge in [-0.1, -0.05) is 6.42 Å². The third-order valence-corrected chi connectivity index (χ3v) is 5.08. The molecule has 0 bridgehead atoms. The van der Waals surface area contributed by atoms with Crippen molar-refractivity contribution in [3.05, 3.63) is 0 Å². The number of likely N-dealkylation sites (tertiary alicyclic amines) is 1. The van der Waals surface area contributed by atoms with Crippen LogP contribution in [0.1, 0.15) is 39.0 Å². The molecule has 5 nitrogen and oxygen atoms in total. The first-order valence-corrected chi connectivity index (χ1v) is 7.38. The van der Waals surface area contributed by atoms with E-state index in [1.165, 1.54) is 12.8 Å². The van der Waals surface area contributed by atoms with Crippen molar-refractivity contribution in [3.8, 4) is 0 Å². The Morgan fingerprint density at radius 3 is 2.63 bits per heavy atom. The number of nitrogens with zero attached hydrogens (tertiary/aromatic N) is 1. The molecule has 1 heterocycles. The molecule has 1 aliphatic heterocycles. The number of nitrogens with one attached hydrogen (secondary N) is 1. The van der Waals surface area contributed by atoms with Crippen molar-refractivity contribution >= 4 is 12.0 Å². The van der Waals surface area contributed by atoms with Crippen molar-refractivity contribution in [1.29, 1.82) is 0 Å². The van der Waals surface area contributed by atoms with Gasteiger partial charge in [0.25, 0.3) is 0 Å². The van der Waals surface area contributed by atoms with Crippen LogP contribution in [0.25, 0.3) is 0 Å². The van der Waals surface area contributed by atoms with Gasteiger partial charge in [0, 0.05) is 12.6 Å². The first-order chi connectivity index (χ1) is 9.08. The monoisotopic (exact) mass is 266 g/mol. The minimum absolute atomic E-state index is 0.166. The molecule has 0 aromatic carbocycles. The van der Waals surface area contributed by atoms with E-state index in [2.05, 4.69) is 5.32 Å². The molecule has 2 N–H and O–H groups in total. The molecule has 0 spiro atoms.